The summed E-state index contributed by atoms with van der Waals surface area (Å²) in [4.78, 5) is 17.2. The molecule has 0 spiro atoms. The zero-order valence-electron chi connectivity index (χ0n) is 19.3. The molecule has 34 heavy (non-hydrogen) atoms. The van der Waals surface area contributed by atoms with Gasteiger partial charge in [-0.25, -0.2) is 9.37 Å². The molecule has 0 radical (unpaired) electrons. The zero-order valence-corrected chi connectivity index (χ0v) is 19.3. The van der Waals surface area contributed by atoms with Crippen LogP contribution in [0, 0.1) is 19.7 Å². The number of nitrogens with zero attached hydrogens (tertiary/aromatic N) is 2. The molecule has 1 amide bonds. The second-order valence-electron chi connectivity index (χ2n) is 8.44. The molecule has 0 saturated heterocycles. The topological polar surface area (TPSA) is 76.4 Å². The van der Waals surface area contributed by atoms with Crippen LogP contribution in [0.15, 0.2) is 66.7 Å². The van der Waals surface area contributed by atoms with E-state index in [0.29, 0.717) is 12.4 Å². The summed E-state index contributed by atoms with van der Waals surface area (Å²) in [6.07, 6.45) is -0.736. The van der Waals surface area contributed by atoms with Gasteiger partial charge < -0.3 is 19.7 Å². The molecule has 4 rings (SSSR count). The lowest BCUT2D eigenvalue weighted by Crippen LogP contribution is -2.28. The molecule has 2 N–H and O–H groups in total. The Bertz CT molecular complexity index is 1280. The van der Waals surface area contributed by atoms with E-state index in [1.54, 1.807) is 12.1 Å². The van der Waals surface area contributed by atoms with Crippen LogP contribution in [0.5, 0.6) is 5.75 Å². The van der Waals surface area contributed by atoms with E-state index in [1.165, 1.54) is 12.1 Å². The molecule has 4 aromatic rings. The number of hydrogen-bond donors (Lipinski definition) is 2. The SMILES string of the molecule is Cc1ccc(OCC(O)Cn2c(CC(=O)NCc3ccc(F)cc3)nc3ccccc32)c(C)c1. The van der Waals surface area contributed by atoms with Gasteiger partial charge in [0.2, 0.25) is 5.91 Å². The first-order valence-corrected chi connectivity index (χ1v) is 11.2. The summed E-state index contributed by atoms with van der Waals surface area (Å²) in [6.45, 7) is 4.65. The Morgan fingerprint density at radius 3 is 2.65 bits per heavy atom. The molecule has 0 aliphatic carbocycles. The molecule has 1 aromatic heterocycles. The van der Waals surface area contributed by atoms with Crippen molar-refractivity contribution in [2.45, 2.75) is 39.5 Å². The third-order valence-corrected chi connectivity index (χ3v) is 5.61. The number of imidazole rings is 1. The molecule has 7 heteroatoms. The maximum atomic E-state index is 13.1. The summed E-state index contributed by atoms with van der Waals surface area (Å²) in [7, 11) is 0. The second kappa shape index (κ2) is 10.5. The number of carbonyl (C=O) groups is 1. The Morgan fingerprint density at radius 2 is 1.88 bits per heavy atom. The Balaban J connectivity index is 1.43. The fourth-order valence-corrected chi connectivity index (χ4v) is 3.88. The van der Waals surface area contributed by atoms with Crippen LogP contribution in [0.1, 0.15) is 22.5 Å². The van der Waals surface area contributed by atoms with Crippen LogP contribution < -0.4 is 10.1 Å². The Morgan fingerprint density at radius 1 is 1.12 bits per heavy atom. The van der Waals surface area contributed by atoms with Gasteiger partial charge in [-0.05, 0) is 55.3 Å². The van der Waals surface area contributed by atoms with E-state index in [0.717, 1.165) is 33.5 Å². The summed E-state index contributed by atoms with van der Waals surface area (Å²) < 4.78 is 20.8. The first-order valence-electron chi connectivity index (χ1n) is 11.2. The number of rotatable bonds is 9. The minimum absolute atomic E-state index is 0.0561. The van der Waals surface area contributed by atoms with E-state index in [1.807, 2.05) is 60.9 Å². The highest BCUT2D eigenvalue weighted by molar-refractivity contribution is 5.81. The van der Waals surface area contributed by atoms with Crippen LogP contribution in [-0.2, 0) is 24.3 Å². The predicted molar refractivity (Wildman–Crippen MR) is 129 cm³/mol. The smallest absolute Gasteiger partial charge is 0.227 e. The monoisotopic (exact) mass is 461 g/mol. The Kier molecular flexibility index (Phi) is 7.23. The third kappa shape index (κ3) is 5.80. The fourth-order valence-electron chi connectivity index (χ4n) is 3.88. The van der Waals surface area contributed by atoms with Gasteiger partial charge in [-0.15, -0.1) is 0 Å². The molecular weight excluding hydrogens is 433 g/mol. The first-order chi connectivity index (χ1) is 16.4. The van der Waals surface area contributed by atoms with Crippen molar-refractivity contribution in [2.24, 2.45) is 0 Å². The van der Waals surface area contributed by atoms with E-state index >= 15 is 0 Å². The van der Waals surface area contributed by atoms with Crippen LogP contribution in [0.25, 0.3) is 11.0 Å². The summed E-state index contributed by atoms with van der Waals surface area (Å²) in [6, 6.07) is 19.5. The molecule has 176 valence electrons. The van der Waals surface area contributed by atoms with E-state index in [2.05, 4.69) is 10.3 Å². The molecule has 1 unspecified atom stereocenters. The van der Waals surface area contributed by atoms with Gasteiger partial charge >= 0.3 is 0 Å². The van der Waals surface area contributed by atoms with Crippen molar-refractivity contribution in [1.82, 2.24) is 14.9 Å². The number of ether oxygens (including phenoxy) is 1. The maximum Gasteiger partial charge on any atom is 0.227 e. The number of aliphatic hydroxyl groups excluding tert-OH is 1. The van der Waals surface area contributed by atoms with Crippen LogP contribution in [0.3, 0.4) is 0 Å². The molecule has 0 bridgehead atoms. The van der Waals surface area contributed by atoms with E-state index in [4.69, 9.17) is 4.74 Å². The van der Waals surface area contributed by atoms with Gasteiger partial charge in [-0.3, -0.25) is 4.79 Å². The average molecular weight is 462 g/mol. The number of carbonyl (C=O) groups excluding carboxylic acids is 1. The lowest BCUT2D eigenvalue weighted by atomic mass is 10.1. The predicted octanol–water partition coefficient (Wildman–Crippen LogP) is 4.09. The van der Waals surface area contributed by atoms with E-state index in [9.17, 15) is 14.3 Å². The minimum atomic E-state index is -0.792. The quantitative estimate of drug-likeness (QED) is 0.394. The number of nitrogens with one attached hydrogen (secondary N) is 1. The maximum absolute atomic E-state index is 13.1. The third-order valence-electron chi connectivity index (χ3n) is 5.61. The second-order valence-corrected chi connectivity index (χ2v) is 8.44. The molecule has 0 fully saturated rings. The number of aliphatic hydroxyl groups is 1. The number of aromatic nitrogens is 2. The number of fused-ring (bicyclic) bond motifs is 1. The highest BCUT2D eigenvalue weighted by Gasteiger charge is 2.17. The van der Waals surface area contributed by atoms with E-state index in [-0.39, 0.29) is 31.3 Å². The van der Waals surface area contributed by atoms with Crippen molar-refractivity contribution >= 4 is 16.9 Å². The molecule has 1 atom stereocenters. The lowest BCUT2D eigenvalue weighted by Gasteiger charge is -2.17. The molecular formula is C27H28FN3O3. The number of amides is 1. The average Bonchev–Trinajstić information content (AvgIpc) is 3.15. The number of aryl methyl sites for hydroxylation is 2. The summed E-state index contributed by atoms with van der Waals surface area (Å²) >= 11 is 0. The minimum Gasteiger partial charge on any atom is -0.491 e. The van der Waals surface area contributed by atoms with Crippen molar-refractivity contribution < 1.29 is 19.0 Å². The standard InChI is InChI=1S/C27H28FN3O3/c1-18-7-12-25(19(2)13-18)34-17-22(32)16-31-24-6-4-3-5-23(24)30-26(31)14-27(33)29-15-20-8-10-21(28)11-9-20/h3-13,22,32H,14-17H2,1-2H3,(H,29,33). The Labute approximate surface area is 198 Å². The number of halogens is 1. The largest absolute Gasteiger partial charge is 0.491 e. The van der Waals surface area contributed by atoms with Crippen molar-refractivity contribution in [3.8, 4) is 5.75 Å². The highest BCUT2D eigenvalue weighted by Crippen LogP contribution is 2.20. The molecule has 6 nitrogen and oxygen atoms in total. The van der Waals surface area contributed by atoms with Gasteiger partial charge in [0.25, 0.3) is 0 Å². The van der Waals surface area contributed by atoms with Gasteiger partial charge in [0.05, 0.1) is 24.0 Å². The number of benzene rings is 3. The van der Waals surface area contributed by atoms with Crippen LogP contribution in [0.4, 0.5) is 4.39 Å². The highest BCUT2D eigenvalue weighted by atomic mass is 19.1. The number of para-hydroxylation sites is 2. The molecule has 0 saturated carbocycles. The van der Waals surface area contributed by atoms with Crippen molar-refractivity contribution in [3.05, 3.63) is 95.1 Å². The van der Waals surface area contributed by atoms with Crippen LogP contribution in [0.2, 0.25) is 0 Å². The van der Waals surface area contributed by atoms with E-state index < -0.39 is 6.10 Å². The Hall–Kier alpha value is -3.71. The summed E-state index contributed by atoms with van der Waals surface area (Å²) in [5.41, 5.74) is 4.57. The van der Waals surface area contributed by atoms with Gasteiger partial charge in [0, 0.05) is 6.54 Å². The van der Waals surface area contributed by atoms with Crippen LogP contribution in [-0.4, -0.2) is 33.3 Å². The zero-order chi connectivity index (χ0) is 24.1. The molecule has 0 aliphatic rings. The van der Waals surface area contributed by atoms with Gasteiger partial charge in [0.1, 0.15) is 30.1 Å². The van der Waals surface area contributed by atoms with Crippen molar-refractivity contribution in [2.75, 3.05) is 6.61 Å². The van der Waals surface area contributed by atoms with Crippen molar-refractivity contribution in [1.29, 1.82) is 0 Å². The van der Waals surface area contributed by atoms with Gasteiger partial charge in [0.15, 0.2) is 0 Å². The molecule has 1 heterocycles. The summed E-state index contributed by atoms with van der Waals surface area (Å²) in [5.74, 6) is 0.773. The van der Waals surface area contributed by atoms with Gasteiger partial charge in [-0.2, -0.15) is 0 Å². The molecule has 0 aliphatic heterocycles. The summed E-state index contributed by atoms with van der Waals surface area (Å²) in [5, 5.41) is 13.6. The molecule has 3 aromatic carbocycles. The lowest BCUT2D eigenvalue weighted by molar-refractivity contribution is -0.120. The van der Waals surface area contributed by atoms with Gasteiger partial charge in [-0.1, -0.05) is 42.0 Å². The first kappa shape index (κ1) is 23.4. The fraction of sp³-hybridized carbons (Fsp3) is 0.259. The normalized spacial score (nSPS) is 12.0. The van der Waals surface area contributed by atoms with Crippen LogP contribution >= 0.6 is 0 Å². The number of hydrogen-bond acceptors (Lipinski definition) is 4. The van der Waals surface area contributed by atoms with Crippen molar-refractivity contribution in [3.63, 3.8) is 0 Å².